The topological polar surface area (TPSA) is 115 Å². The molecule has 0 radical (unpaired) electrons. The molecule has 7 nitrogen and oxygen atoms in total. The van der Waals surface area contributed by atoms with Crippen molar-refractivity contribution >= 4 is 41.1 Å². The van der Waals surface area contributed by atoms with Gasteiger partial charge < -0.3 is 26.5 Å². The fourth-order valence-electron chi connectivity index (χ4n) is 3.34. The summed E-state index contributed by atoms with van der Waals surface area (Å²) in [6, 6.07) is 6.88. The van der Waals surface area contributed by atoms with Gasteiger partial charge in [0.1, 0.15) is 5.82 Å². The number of thioether (sulfide) groups is 1. The normalized spacial score (nSPS) is 16.8. The molecule has 11 heteroatoms. The molecular formula is C21H22F3N5O2S. The van der Waals surface area contributed by atoms with E-state index < -0.39 is 11.4 Å². The molecule has 1 aliphatic heterocycles. The minimum atomic E-state index is -4.38. The van der Waals surface area contributed by atoms with Gasteiger partial charge in [-0.15, -0.1) is 0 Å². The Morgan fingerprint density at radius 2 is 2.09 bits per heavy atom. The molecule has 2 heterocycles. The minimum Gasteiger partial charge on any atom is -0.398 e. The Hall–Kier alpha value is -3.05. The zero-order valence-electron chi connectivity index (χ0n) is 16.9. The highest BCUT2D eigenvalue weighted by molar-refractivity contribution is 8.00. The third-order valence-electron chi connectivity index (χ3n) is 4.89. The van der Waals surface area contributed by atoms with Crippen molar-refractivity contribution in [3.05, 3.63) is 53.7 Å². The quantitative estimate of drug-likeness (QED) is 0.366. The summed E-state index contributed by atoms with van der Waals surface area (Å²) in [6.45, 7) is 1.34. The van der Waals surface area contributed by atoms with Crippen LogP contribution in [0.5, 0.6) is 0 Å². The molecule has 1 atom stereocenters. The molecule has 1 saturated heterocycles. The average Bonchev–Trinajstić information content (AvgIpc) is 3.23. The van der Waals surface area contributed by atoms with Gasteiger partial charge in [-0.3, -0.25) is 4.79 Å². The number of aliphatic hydroxyl groups excluding tert-OH is 1. The number of anilines is 2. The molecule has 3 rings (SSSR count). The van der Waals surface area contributed by atoms with Crippen LogP contribution in [0, 0.1) is 11.3 Å². The second-order valence-electron chi connectivity index (χ2n) is 7.19. The van der Waals surface area contributed by atoms with Gasteiger partial charge in [-0.05, 0) is 54.6 Å². The fourth-order valence-corrected chi connectivity index (χ4v) is 3.88. The van der Waals surface area contributed by atoms with Gasteiger partial charge in [-0.2, -0.15) is 13.2 Å². The van der Waals surface area contributed by atoms with Gasteiger partial charge >= 0.3 is 5.51 Å². The first-order chi connectivity index (χ1) is 15.2. The summed E-state index contributed by atoms with van der Waals surface area (Å²) in [5, 5.41) is 19.3. The number of hydrogen-bond donors (Lipinski definition) is 4. The molecule has 1 aliphatic rings. The third-order valence-corrected chi connectivity index (χ3v) is 5.63. The zero-order chi connectivity index (χ0) is 23.3. The SMILES string of the molecule is N=C/C=C(\N)c1cc(C(=O)Nc2ccc(SC(F)(F)F)cc2)cnc1N1CCC(CO)C1. The summed E-state index contributed by atoms with van der Waals surface area (Å²) in [5.41, 5.74) is 3.00. The Morgan fingerprint density at radius 1 is 1.38 bits per heavy atom. The number of aliphatic hydroxyl groups is 1. The largest absolute Gasteiger partial charge is 0.446 e. The van der Waals surface area contributed by atoms with E-state index >= 15 is 0 Å². The number of nitrogens with one attached hydrogen (secondary N) is 2. The monoisotopic (exact) mass is 465 g/mol. The zero-order valence-corrected chi connectivity index (χ0v) is 17.7. The number of rotatable bonds is 7. The van der Waals surface area contributed by atoms with Gasteiger partial charge in [0.2, 0.25) is 0 Å². The van der Waals surface area contributed by atoms with Crippen LogP contribution in [-0.2, 0) is 0 Å². The molecule has 0 bridgehead atoms. The molecule has 1 amide bonds. The van der Waals surface area contributed by atoms with Crippen molar-refractivity contribution in [1.82, 2.24) is 4.98 Å². The first kappa shape index (κ1) is 23.6. The molecule has 1 fully saturated rings. The molecule has 170 valence electrons. The highest BCUT2D eigenvalue weighted by Gasteiger charge is 2.29. The van der Waals surface area contributed by atoms with Crippen molar-refractivity contribution < 1.29 is 23.1 Å². The van der Waals surface area contributed by atoms with E-state index in [2.05, 4.69) is 10.3 Å². The van der Waals surface area contributed by atoms with Gasteiger partial charge in [-0.1, -0.05) is 0 Å². The molecule has 2 aromatic rings. The Bertz CT molecular complexity index is 1010. The lowest BCUT2D eigenvalue weighted by molar-refractivity contribution is -0.0328. The first-order valence-corrected chi connectivity index (χ1v) is 10.5. The van der Waals surface area contributed by atoms with E-state index in [1.54, 1.807) is 6.07 Å². The molecule has 0 aliphatic carbocycles. The Kier molecular flexibility index (Phi) is 7.41. The maximum absolute atomic E-state index is 12.7. The number of nitrogens with zero attached hydrogens (tertiary/aromatic N) is 2. The number of halogens is 3. The van der Waals surface area contributed by atoms with Crippen molar-refractivity contribution in [2.24, 2.45) is 11.7 Å². The van der Waals surface area contributed by atoms with Crippen molar-refractivity contribution in [3.63, 3.8) is 0 Å². The number of hydrogen-bond acceptors (Lipinski definition) is 7. The Labute approximate surface area is 187 Å². The van der Waals surface area contributed by atoms with Crippen LogP contribution >= 0.6 is 11.8 Å². The number of carbonyl (C=O) groups is 1. The standard InChI is InChI=1S/C21H22F3N5O2S/c22-21(23,24)32-16-3-1-15(2-4-16)28-20(31)14-9-17(18(26)5-7-25)19(27-10-14)29-8-6-13(11-29)12-30/h1-5,7,9-10,13,25,30H,6,8,11-12,26H2,(H,28,31)/b18-5-,25-7?. The van der Waals surface area contributed by atoms with Crippen molar-refractivity contribution in [2.75, 3.05) is 29.9 Å². The van der Waals surface area contributed by atoms with Crippen LogP contribution in [0.4, 0.5) is 24.7 Å². The molecule has 1 aromatic carbocycles. The first-order valence-electron chi connectivity index (χ1n) is 9.69. The van der Waals surface area contributed by atoms with Gasteiger partial charge in [0.15, 0.2) is 0 Å². The smallest absolute Gasteiger partial charge is 0.398 e. The van der Waals surface area contributed by atoms with Gasteiger partial charge in [0.25, 0.3) is 5.91 Å². The summed E-state index contributed by atoms with van der Waals surface area (Å²) in [5.74, 6) is 0.180. The highest BCUT2D eigenvalue weighted by Crippen LogP contribution is 2.37. The van der Waals surface area contributed by atoms with Crippen LogP contribution < -0.4 is 16.0 Å². The molecule has 32 heavy (non-hydrogen) atoms. The highest BCUT2D eigenvalue weighted by atomic mass is 32.2. The van der Waals surface area contributed by atoms with Crippen LogP contribution in [-0.4, -0.2) is 47.4 Å². The van der Waals surface area contributed by atoms with E-state index in [0.29, 0.717) is 30.2 Å². The predicted octanol–water partition coefficient (Wildman–Crippen LogP) is 3.71. The predicted molar refractivity (Wildman–Crippen MR) is 119 cm³/mol. The summed E-state index contributed by atoms with van der Waals surface area (Å²) < 4.78 is 37.4. The number of pyridine rings is 1. The molecule has 0 saturated carbocycles. The lowest BCUT2D eigenvalue weighted by atomic mass is 10.1. The van der Waals surface area contributed by atoms with E-state index in [1.165, 1.54) is 36.5 Å². The van der Waals surface area contributed by atoms with E-state index in [4.69, 9.17) is 11.1 Å². The van der Waals surface area contributed by atoms with Crippen molar-refractivity contribution in [3.8, 4) is 0 Å². The summed E-state index contributed by atoms with van der Waals surface area (Å²) in [4.78, 5) is 19.1. The van der Waals surface area contributed by atoms with Crippen molar-refractivity contribution in [2.45, 2.75) is 16.8 Å². The summed E-state index contributed by atoms with van der Waals surface area (Å²) >= 11 is -0.232. The third kappa shape index (κ3) is 6.01. The van der Waals surface area contributed by atoms with E-state index in [1.807, 2.05) is 4.90 Å². The van der Waals surface area contributed by atoms with Gasteiger partial charge in [0, 0.05) is 59.9 Å². The maximum atomic E-state index is 12.7. The van der Waals surface area contributed by atoms with Gasteiger partial charge in [-0.25, -0.2) is 4.98 Å². The van der Waals surface area contributed by atoms with E-state index in [-0.39, 0.29) is 40.4 Å². The van der Waals surface area contributed by atoms with Crippen LogP contribution in [0.3, 0.4) is 0 Å². The van der Waals surface area contributed by atoms with Crippen LogP contribution in [0.2, 0.25) is 0 Å². The van der Waals surface area contributed by atoms with Crippen molar-refractivity contribution in [1.29, 1.82) is 5.41 Å². The summed E-state index contributed by atoms with van der Waals surface area (Å²) in [7, 11) is 0. The van der Waals surface area contributed by atoms with E-state index in [9.17, 15) is 23.1 Å². The van der Waals surface area contributed by atoms with Gasteiger partial charge in [0.05, 0.1) is 5.56 Å². The Balaban J connectivity index is 1.81. The molecule has 1 aromatic heterocycles. The number of aromatic nitrogens is 1. The number of nitrogens with two attached hydrogens (primary N) is 1. The number of allylic oxidation sites excluding steroid dienone is 1. The molecule has 1 unspecified atom stereocenters. The summed E-state index contributed by atoms with van der Waals surface area (Å²) in [6.07, 6.45) is 4.62. The number of carbonyl (C=O) groups excluding carboxylic acids is 1. The minimum absolute atomic E-state index is 0.0140. The maximum Gasteiger partial charge on any atom is 0.446 e. The lowest BCUT2D eigenvalue weighted by Crippen LogP contribution is -2.24. The fraction of sp³-hybridized carbons (Fsp3) is 0.286. The second-order valence-corrected chi connectivity index (χ2v) is 8.33. The van der Waals surface area contributed by atoms with Crippen LogP contribution in [0.25, 0.3) is 5.70 Å². The lowest BCUT2D eigenvalue weighted by Gasteiger charge is -2.21. The molecular weight excluding hydrogens is 443 g/mol. The molecule has 5 N–H and O–H groups in total. The average molecular weight is 466 g/mol. The number of alkyl halides is 3. The number of amides is 1. The van der Waals surface area contributed by atoms with Crippen LogP contribution in [0.15, 0.2) is 47.5 Å². The second kappa shape index (κ2) is 10.0. The van der Waals surface area contributed by atoms with Crippen LogP contribution in [0.1, 0.15) is 22.3 Å². The van der Waals surface area contributed by atoms with E-state index in [0.717, 1.165) is 12.6 Å². The Morgan fingerprint density at radius 3 is 2.69 bits per heavy atom. The number of benzene rings is 1. The molecule has 0 spiro atoms.